The van der Waals surface area contributed by atoms with Gasteiger partial charge in [0.2, 0.25) is 5.91 Å². The van der Waals surface area contributed by atoms with Crippen molar-refractivity contribution < 1.29 is 18.0 Å². The molecule has 0 bridgehead atoms. The minimum atomic E-state index is -0.427. The number of carbonyl (C=O) groups excluding carboxylic acids is 1. The van der Waals surface area contributed by atoms with Gasteiger partial charge in [0.1, 0.15) is 5.82 Å². The number of nitrogens with zero attached hydrogens (tertiary/aromatic N) is 3. The Kier molecular flexibility index (Phi) is 5.18. The van der Waals surface area contributed by atoms with Crippen LogP contribution in [0.15, 0.2) is 56.7 Å². The standard InChI is InChI=1S/C17H16FN3O3S/c1-11(16(22)21(2)10-12-5-3-6-13(18)9-12)25-17-20-19-15(24-17)14-7-4-8-23-14/h3-9,11H,10H2,1-2H3/t11-/m1/s1. The van der Waals surface area contributed by atoms with Gasteiger partial charge in [-0.15, -0.1) is 10.2 Å². The fourth-order valence-electron chi connectivity index (χ4n) is 2.26. The molecule has 1 aromatic carbocycles. The van der Waals surface area contributed by atoms with Gasteiger partial charge in [0.25, 0.3) is 11.1 Å². The summed E-state index contributed by atoms with van der Waals surface area (Å²) in [6.45, 7) is 2.08. The van der Waals surface area contributed by atoms with Crippen LogP contribution in [-0.4, -0.2) is 33.3 Å². The molecule has 6 nitrogen and oxygen atoms in total. The van der Waals surface area contributed by atoms with E-state index in [-0.39, 0.29) is 22.8 Å². The zero-order valence-corrected chi connectivity index (χ0v) is 14.5. The molecule has 2 aromatic heterocycles. The summed E-state index contributed by atoms with van der Waals surface area (Å²) in [5, 5.41) is 7.67. The lowest BCUT2D eigenvalue weighted by atomic mass is 10.2. The third-order valence-corrected chi connectivity index (χ3v) is 4.37. The first-order valence-electron chi connectivity index (χ1n) is 7.56. The quantitative estimate of drug-likeness (QED) is 0.625. The summed E-state index contributed by atoms with van der Waals surface area (Å²) in [5.41, 5.74) is 0.728. The van der Waals surface area contributed by atoms with Gasteiger partial charge < -0.3 is 13.7 Å². The first kappa shape index (κ1) is 17.2. The fraction of sp³-hybridized carbons (Fsp3) is 0.235. The van der Waals surface area contributed by atoms with Crippen LogP contribution in [0.2, 0.25) is 0 Å². The van der Waals surface area contributed by atoms with E-state index in [1.807, 2.05) is 0 Å². The van der Waals surface area contributed by atoms with Crippen molar-refractivity contribution in [2.45, 2.75) is 23.9 Å². The normalized spacial score (nSPS) is 12.1. The number of thioether (sulfide) groups is 1. The van der Waals surface area contributed by atoms with Crippen molar-refractivity contribution in [2.24, 2.45) is 0 Å². The highest BCUT2D eigenvalue weighted by molar-refractivity contribution is 8.00. The number of aromatic nitrogens is 2. The molecule has 0 N–H and O–H groups in total. The van der Waals surface area contributed by atoms with E-state index >= 15 is 0 Å². The molecule has 2 heterocycles. The highest BCUT2D eigenvalue weighted by atomic mass is 32.2. The Labute approximate surface area is 148 Å². The summed E-state index contributed by atoms with van der Waals surface area (Å²) in [5.74, 6) is 0.297. The molecule has 3 rings (SSSR count). The Morgan fingerprint density at radius 2 is 2.16 bits per heavy atom. The lowest BCUT2D eigenvalue weighted by Crippen LogP contribution is -2.32. The molecule has 0 saturated heterocycles. The number of rotatable bonds is 6. The van der Waals surface area contributed by atoms with Gasteiger partial charge in [0, 0.05) is 13.6 Å². The molecular weight excluding hydrogens is 345 g/mol. The Balaban J connectivity index is 1.60. The van der Waals surface area contributed by atoms with Crippen molar-refractivity contribution in [1.82, 2.24) is 15.1 Å². The van der Waals surface area contributed by atoms with Crippen LogP contribution in [0.1, 0.15) is 12.5 Å². The van der Waals surface area contributed by atoms with Crippen molar-refractivity contribution in [1.29, 1.82) is 0 Å². The molecule has 8 heteroatoms. The van der Waals surface area contributed by atoms with E-state index in [2.05, 4.69) is 10.2 Å². The Morgan fingerprint density at radius 3 is 2.88 bits per heavy atom. The van der Waals surface area contributed by atoms with E-state index in [0.29, 0.717) is 12.3 Å². The Bertz CT molecular complexity index is 850. The van der Waals surface area contributed by atoms with Crippen LogP contribution in [0.5, 0.6) is 0 Å². The molecule has 0 unspecified atom stereocenters. The number of amides is 1. The van der Waals surface area contributed by atoms with Gasteiger partial charge in [0.05, 0.1) is 11.5 Å². The van der Waals surface area contributed by atoms with E-state index in [1.165, 1.54) is 23.3 Å². The van der Waals surface area contributed by atoms with Crippen LogP contribution >= 0.6 is 11.8 Å². The molecule has 0 aliphatic carbocycles. The van der Waals surface area contributed by atoms with Crippen LogP contribution in [-0.2, 0) is 11.3 Å². The minimum Gasteiger partial charge on any atom is -0.459 e. The summed E-state index contributed by atoms with van der Waals surface area (Å²) >= 11 is 1.16. The molecule has 3 aromatic rings. The smallest absolute Gasteiger partial charge is 0.284 e. The van der Waals surface area contributed by atoms with Crippen molar-refractivity contribution in [3.8, 4) is 11.7 Å². The van der Waals surface area contributed by atoms with Gasteiger partial charge in [-0.25, -0.2) is 4.39 Å². The zero-order valence-electron chi connectivity index (χ0n) is 13.7. The second-order valence-corrected chi connectivity index (χ2v) is 6.73. The second kappa shape index (κ2) is 7.52. The Morgan fingerprint density at radius 1 is 1.32 bits per heavy atom. The van der Waals surface area contributed by atoms with Crippen LogP contribution < -0.4 is 0 Å². The van der Waals surface area contributed by atoms with Gasteiger partial charge >= 0.3 is 0 Å². The van der Waals surface area contributed by atoms with Gasteiger partial charge in [-0.3, -0.25) is 4.79 Å². The molecule has 25 heavy (non-hydrogen) atoms. The van der Waals surface area contributed by atoms with E-state index in [4.69, 9.17) is 8.83 Å². The van der Waals surface area contributed by atoms with Gasteiger partial charge in [-0.05, 0) is 36.8 Å². The predicted molar refractivity (Wildman–Crippen MR) is 90.2 cm³/mol. The average Bonchev–Trinajstić information content (AvgIpc) is 3.25. The lowest BCUT2D eigenvalue weighted by molar-refractivity contribution is -0.129. The van der Waals surface area contributed by atoms with Crippen molar-refractivity contribution in [2.75, 3.05) is 7.05 Å². The molecule has 130 valence electrons. The first-order chi connectivity index (χ1) is 12.0. The predicted octanol–water partition coefficient (Wildman–Crippen LogP) is 3.61. The van der Waals surface area contributed by atoms with Crippen molar-refractivity contribution in [3.05, 3.63) is 54.0 Å². The highest BCUT2D eigenvalue weighted by Gasteiger charge is 2.22. The zero-order chi connectivity index (χ0) is 17.8. The van der Waals surface area contributed by atoms with E-state index in [1.54, 1.807) is 38.2 Å². The SMILES string of the molecule is C[C@@H](Sc1nnc(-c2ccco2)o1)C(=O)N(C)Cc1cccc(F)c1. The summed E-state index contributed by atoms with van der Waals surface area (Å²) in [6.07, 6.45) is 1.51. The monoisotopic (exact) mass is 361 g/mol. The van der Waals surface area contributed by atoms with Crippen LogP contribution in [0.25, 0.3) is 11.7 Å². The maximum Gasteiger partial charge on any atom is 0.284 e. The average molecular weight is 361 g/mol. The fourth-order valence-corrected chi connectivity index (χ4v) is 3.05. The number of furan rings is 1. The Hall–Kier alpha value is -2.61. The molecule has 0 aliphatic heterocycles. The molecule has 1 atom stereocenters. The van der Waals surface area contributed by atoms with Gasteiger partial charge in [-0.2, -0.15) is 0 Å². The molecule has 1 amide bonds. The molecule has 0 spiro atoms. The summed E-state index contributed by atoms with van der Waals surface area (Å²) < 4.78 is 23.9. The maximum absolute atomic E-state index is 13.2. The molecule has 0 aliphatic rings. The van der Waals surface area contributed by atoms with Crippen LogP contribution in [0.3, 0.4) is 0 Å². The van der Waals surface area contributed by atoms with E-state index in [0.717, 1.165) is 17.3 Å². The summed E-state index contributed by atoms with van der Waals surface area (Å²) in [7, 11) is 1.67. The minimum absolute atomic E-state index is 0.119. The number of hydrogen-bond acceptors (Lipinski definition) is 6. The van der Waals surface area contributed by atoms with Crippen LogP contribution in [0.4, 0.5) is 4.39 Å². The lowest BCUT2D eigenvalue weighted by Gasteiger charge is -2.20. The number of benzene rings is 1. The third kappa shape index (κ3) is 4.27. The maximum atomic E-state index is 13.2. The first-order valence-corrected chi connectivity index (χ1v) is 8.44. The van der Waals surface area contributed by atoms with Gasteiger partial charge in [-0.1, -0.05) is 23.9 Å². The van der Waals surface area contributed by atoms with Crippen molar-refractivity contribution >= 4 is 17.7 Å². The summed E-state index contributed by atoms with van der Waals surface area (Å²) in [6, 6.07) is 9.61. The highest BCUT2D eigenvalue weighted by Crippen LogP contribution is 2.27. The van der Waals surface area contributed by atoms with Crippen LogP contribution in [0, 0.1) is 5.82 Å². The molecule has 0 fully saturated rings. The summed E-state index contributed by atoms with van der Waals surface area (Å²) in [4.78, 5) is 14.0. The molecule has 0 radical (unpaired) electrons. The third-order valence-electron chi connectivity index (χ3n) is 3.45. The second-order valence-electron chi connectivity index (χ2n) is 5.43. The van der Waals surface area contributed by atoms with Crippen molar-refractivity contribution in [3.63, 3.8) is 0 Å². The molecule has 0 saturated carbocycles. The number of carbonyl (C=O) groups is 1. The van der Waals surface area contributed by atoms with E-state index < -0.39 is 5.25 Å². The largest absolute Gasteiger partial charge is 0.459 e. The topological polar surface area (TPSA) is 72.4 Å². The molecular formula is C17H16FN3O3S. The number of hydrogen-bond donors (Lipinski definition) is 0. The number of halogens is 1. The van der Waals surface area contributed by atoms with E-state index in [9.17, 15) is 9.18 Å². The van der Waals surface area contributed by atoms with Gasteiger partial charge in [0.15, 0.2) is 5.76 Å².